The molecule has 2 unspecified atom stereocenters. The summed E-state index contributed by atoms with van der Waals surface area (Å²) in [7, 11) is 4.53. The minimum atomic E-state index is -2.43. The van der Waals surface area contributed by atoms with E-state index in [0.29, 0.717) is 63.4 Å². The van der Waals surface area contributed by atoms with Crippen LogP contribution < -0.4 is 0 Å². The van der Waals surface area contributed by atoms with E-state index in [1.54, 1.807) is 41.1 Å². The van der Waals surface area contributed by atoms with Crippen LogP contribution in [0.25, 0.3) is 0 Å². The second kappa shape index (κ2) is 25.8. The van der Waals surface area contributed by atoms with E-state index < -0.39 is 83.9 Å². The molecular formula is C52H81NO13. The summed E-state index contributed by atoms with van der Waals surface area (Å²) in [5, 5.41) is 33.9. The number of fused-ring (bicyclic) bond motifs is 3. The first-order valence-electron chi connectivity index (χ1n) is 24.5. The number of aliphatic hydroxyl groups excluding tert-OH is 2. The SMILES string of the molecule is CC[C@@H]1C=CC=CC=C(C)[C@@H](OC)C[C@H]2CC[C@@H](C)[C@@](O)(O2)C(=O)C(=O)N2CCCC[C@H]2C(=O)O[C@@H](C(C)CC2CC[C@@H](O)[C@H](OC)C2)CC(=O)[C@H](C)C=C(C)[C@@H](O)[C@@H](OC)C(=O)[C@H](C)C1. The van der Waals surface area contributed by atoms with E-state index in [-0.39, 0.29) is 54.8 Å². The molecular weight excluding hydrogens is 847 g/mol. The van der Waals surface area contributed by atoms with Crippen LogP contribution in [0.5, 0.6) is 0 Å². The quantitative estimate of drug-likeness (QED) is 0.141. The van der Waals surface area contributed by atoms with Gasteiger partial charge >= 0.3 is 5.97 Å². The number of rotatable bonds is 7. The molecule has 0 aromatic carbocycles. The maximum atomic E-state index is 14.4. The Morgan fingerprint density at radius 2 is 1.59 bits per heavy atom. The van der Waals surface area contributed by atoms with Crippen LogP contribution in [0.4, 0.5) is 0 Å². The molecule has 4 rings (SSSR count). The van der Waals surface area contributed by atoms with Crippen molar-refractivity contribution in [3.8, 4) is 0 Å². The molecule has 1 saturated carbocycles. The minimum Gasteiger partial charge on any atom is -0.460 e. The number of piperidine rings is 1. The van der Waals surface area contributed by atoms with Crippen LogP contribution in [0.1, 0.15) is 132 Å². The van der Waals surface area contributed by atoms with Gasteiger partial charge in [0.2, 0.25) is 5.79 Å². The molecule has 14 heteroatoms. The predicted molar refractivity (Wildman–Crippen MR) is 250 cm³/mol. The van der Waals surface area contributed by atoms with Crippen molar-refractivity contribution >= 4 is 29.2 Å². The first kappa shape index (κ1) is 55.2. The number of esters is 1. The molecule has 1 amide bonds. The van der Waals surface area contributed by atoms with Gasteiger partial charge in [0.1, 0.15) is 30.1 Å². The molecule has 4 aliphatic rings. The van der Waals surface area contributed by atoms with Gasteiger partial charge in [-0.1, -0.05) is 71.1 Å². The van der Waals surface area contributed by atoms with E-state index in [4.69, 9.17) is 23.7 Å². The van der Waals surface area contributed by atoms with Crippen LogP contribution >= 0.6 is 0 Å². The highest BCUT2D eigenvalue weighted by Gasteiger charge is 2.53. The highest BCUT2D eigenvalue weighted by atomic mass is 16.6. The Bertz CT molecular complexity index is 1770. The van der Waals surface area contributed by atoms with Crippen molar-refractivity contribution in [2.45, 2.75) is 186 Å². The van der Waals surface area contributed by atoms with Crippen molar-refractivity contribution in [3.05, 3.63) is 47.6 Å². The first-order valence-corrected chi connectivity index (χ1v) is 24.5. The molecule has 0 aromatic heterocycles. The lowest BCUT2D eigenvalue weighted by molar-refractivity contribution is -0.265. The zero-order valence-electron chi connectivity index (χ0n) is 41.3. The van der Waals surface area contributed by atoms with E-state index >= 15 is 0 Å². The number of Topliss-reactive ketones (excluding diaryl/α,β-unsaturated/α-hetero) is 3. The van der Waals surface area contributed by atoms with Gasteiger partial charge in [-0.25, -0.2) is 4.79 Å². The maximum absolute atomic E-state index is 14.4. The third-order valence-corrected chi connectivity index (χ3v) is 14.9. The Balaban J connectivity index is 1.71. The fourth-order valence-corrected chi connectivity index (χ4v) is 10.3. The zero-order chi connectivity index (χ0) is 48.9. The lowest BCUT2D eigenvalue weighted by atomic mass is 9.78. The summed E-state index contributed by atoms with van der Waals surface area (Å²) >= 11 is 0. The molecule has 3 aliphatic heterocycles. The van der Waals surface area contributed by atoms with Gasteiger partial charge in [0.05, 0.1) is 24.4 Å². The maximum Gasteiger partial charge on any atom is 0.329 e. The van der Waals surface area contributed by atoms with Crippen molar-refractivity contribution in [2.24, 2.45) is 35.5 Å². The van der Waals surface area contributed by atoms with Gasteiger partial charge in [-0.15, -0.1) is 0 Å². The predicted octanol–water partition coefficient (Wildman–Crippen LogP) is 6.57. The second-order valence-electron chi connectivity index (χ2n) is 19.8. The second-order valence-corrected chi connectivity index (χ2v) is 19.8. The average Bonchev–Trinajstić information content (AvgIpc) is 3.30. The number of nitrogens with zero attached hydrogens (tertiary/aromatic N) is 1. The number of ether oxygens (including phenoxy) is 5. The van der Waals surface area contributed by atoms with Gasteiger partial charge in [-0.2, -0.15) is 0 Å². The smallest absolute Gasteiger partial charge is 0.329 e. The molecule has 3 fully saturated rings. The molecule has 0 radical (unpaired) electrons. The Kier molecular flexibility index (Phi) is 21.6. The number of allylic oxidation sites excluding steroid dienone is 6. The van der Waals surface area contributed by atoms with Crippen LogP contribution in [0.3, 0.4) is 0 Å². The van der Waals surface area contributed by atoms with E-state index in [1.807, 2.05) is 45.1 Å². The number of hydrogen-bond donors (Lipinski definition) is 3. The number of hydrogen-bond acceptors (Lipinski definition) is 13. The molecule has 2 bridgehead atoms. The first-order chi connectivity index (χ1) is 31.3. The van der Waals surface area contributed by atoms with E-state index in [9.17, 15) is 39.3 Å². The van der Waals surface area contributed by atoms with Crippen molar-refractivity contribution in [2.75, 3.05) is 27.9 Å². The summed E-state index contributed by atoms with van der Waals surface area (Å²) in [6.07, 6.45) is 12.1. The van der Waals surface area contributed by atoms with Gasteiger partial charge in [0.25, 0.3) is 11.7 Å². The van der Waals surface area contributed by atoms with Gasteiger partial charge < -0.3 is 43.9 Å². The van der Waals surface area contributed by atoms with Gasteiger partial charge in [-0.3, -0.25) is 19.2 Å². The summed E-state index contributed by atoms with van der Waals surface area (Å²) < 4.78 is 29.4. The number of carbonyl (C=O) groups excluding carboxylic acids is 5. The van der Waals surface area contributed by atoms with Crippen LogP contribution in [0, 0.1) is 35.5 Å². The van der Waals surface area contributed by atoms with Crippen LogP contribution in [0.15, 0.2) is 47.6 Å². The van der Waals surface area contributed by atoms with Crippen molar-refractivity contribution in [1.82, 2.24) is 4.90 Å². The number of methoxy groups -OCH3 is 3. The monoisotopic (exact) mass is 928 g/mol. The third-order valence-electron chi connectivity index (χ3n) is 14.9. The van der Waals surface area contributed by atoms with E-state index in [0.717, 1.165) is 18.4 Å². The van der Waals surface area contributed by atoms with E-state index in [1.165, 1.54) is 12.0 Å². The standard InChI is InChI=1S/C52H81NO13/c1-11-37-18-14-12-13-17-31(2)43(62-8)29-39-22-20-36(7)52(61,66-39)49(58)50(59)53-24-16-15-19-40(53)51(60)65-44(33(4)26-38-21-23-41(54)45(28-38)63-9)30-42(55)32(3)25-34(5)46(56)48(64-10)47(57)35(6)27-37/h12-14,17-18,25,32-33,35-41,43-46,48,54,56,61H,11,15-16,19-24,26-30H2,1-10H3/t32-,33?,35-,36-,37-,38?,39-,40+,41-,43+,44-,45-,46-,48-,52-/m1/s1. The summed E-state index contributed by atoms with van der Waals surface area (Å²) in [4.78, 5) is 72.0. The molecule has 0 spiro atoms. The van der Waals surface area contributed by atoms with Crippen molar-refractivity contribution in [3.63, 3.8) is 0 Å². The molecule has 3 heterocycles. The van der Waals surface area contributed by atoms with Crippen molar-refractivity contribution < 1.29 is 63.0 Å². The number of cyclic esters (lactones) is 1. The molecule has 66 heavy (non-hydrogen) atoms. The topological polar surface area (TPSA) is 195 Å². The van der Waals surface area contributed by atoms with Gasteiger partial charge in [-0.05, 0) is 113 Å². The summed E-state index contributed by atoms with van der Waals surface area (Å²) in [5.41, 5.74) is 1.27. The minimum absolute atomic E-state index is 0.0702. The molecule has 2 saturated heterocycles. The van der Waals surface area contributed by atoms with E-state index in [2.05, 4.69) is 13.0 Å². The molecule has 1 aliphatic carbocycles. The Hall–Kier alpha value is -3.37. The van der Waals surface area contributed by atoms with Crippen molar-refractivity contribution in [1.29, 1.82) is 0 Å². The summed E-state index contributed by atoms with van der Waals surface area (Å²) in [6, 6.07) is -1.14. The molecule has 14 nitrogen and oxygen atoms in total. The summed E-state index contributed by atoms with van der Waals surface area (Å²) in [6.45, 7) is 12.8. The highest BCUT2D eigenvalue weighted by Crippen LogP contribution is 2.38. The fraction of sp³-hybridized carbons (Fsp3) is 0.750. The van der Waals surface area contributed by atoms with Crippen LogP contribution in [-0.4, -0.2) is 132 Å². The number of ketones is 3. The number of aliphatic hydroxyl groups is 3. The normalized spacial score (nSPS) is 37.4. The lowest BCUT2D eigenvalue weighted by Gasteiger charge is -2.42. The van der Waals surface area contributed by atoms with Crippen LogP contribution in [-0.2, 0) is 47.7 Å². The largest absolute Gasteiger partial charge is 0.460 e. The third kappa shape index (κ3) is 14.3. The zero-order valence-corrected chi connectivity index (χ0v) is 41.3. The summed E-state index contributed by atoms with van der Waals surface area (Å²) in [5.74, 6) is -7.89. The van der Waals surface area contributed by atoms with Crippen LogP contribution in [0.2, 0.25) is 0 Å². The molecule has 0 aromatic rings. The molecule has 3 N–H and O–H groups in total. The fourth-order valence-electron chi connectivity index (χ4n) is 10.3. The van der Waals surface area contributed by atoms with Gasteiger partial charge in [0.15, 0.2) is 5.78 Å². The molecule has 372 valence electrons. The Morgan fingerprint density at radius 1 is 0.864 bits per heavy atom. The lowest BCUT2D eigenvalue weighted by Crippen LogP contribution is -2.61. The Morgan fingerprint density at radius 3 is 2.26 bits per heavy atom. The highest BCUT2D eigenvalue weighted by molar-refractivity contribution is 6.39. The number of amides is 1. The average molecular weight is 928 g/mol. The van der Waals surface area contributed by atoms with Gasteiger partial charge in [0, 0.05) is 58.5 Å². The number of carbonyl (C=O) groups is 5. The Labute approximate surface area is 393 Å². The molecule has 15 atom stereocenters.